The summed E-state index contributed by atoms with van der Waals surface area (Å²) >= 11 is 3.35. The molecule has 4 unspecified atom stereocenters. The van der Waals surface area contributed by atoms with Gasteiger partial charge in [-0.15, -0.1) is 0 Å². The number of fused-ring (bicyclic) bond motifs is 2. The van der Waals surface area contributed by atoms with Gasteiger partial charge in [-0.2, -0.15) is 0 Å². The van der Waals surface area contributed by atoms with Crippen molar-refractivity contribution in [2.75, 3.05) is 5.32 Å². The standard InChI is InChI=1S/C26H27BrN2O4/c27-19-9-3-1-6-16(19)24(31)22(30)14-26(25(32)33,29-15-12-13-15)23-17-7-2-4-10-20(17)28-21-11-5-8-18(21)23/h1-4,6-7,9-10,15,18,21,23,28-29H,5,8,11-14H2,(H,32,33). The molecule has 0 radical (unpaired) electrons. The summed E-state index contributed by atoms with van der Waals surface area (Å²) in [6.45, 7) is 0. The number of rotatable bonds is 8. The molecular weight excluding hydrogens is 484 g/mol. The summed E-state index contributed by atoms with van der Waals surface area (Å²) in [6.07, 6.45) is 4.25. The van der Waals surface area contributed by atoms with Gasteiger partial charge in [0.15, 0.2) is 0 Å². The molecule has 5 rings (SSSR count). The number of benzene rings is 2. The summed E-state index contributed by atoms with van der Waals surface area (Å²) in [6, 6.07) is 14.8. The van der Waals surface area contributed by atoms with Crippen LogP contribution in [0, 0.1) is 5.92 Å². The molecule has 1 heterocycles. The highest BCUT2D eigenvalue weighted by Crippen LogP contribution is 2.52. The number of hydrogen-bond donors (Lipinski definition) is 3. The number of anilines is 1. The summed E-state index contributed by atoms with van der Waals surface area (Å²) in [5.41, 5.74) is 0.564. The molecule has 33 heavy (non-hydrogen) atoms. The van der Waals surface area contributed by atoms with Crippen molar-refractivity contribution in [1.29, 1.82) is 0 Å². The molecule has 0 amide bonds. The van der Waals surface area contributed by atoms with Crippen LogP contribution in [-0.4, -0.2) is 40.3 Å². The molecular formula is C26H27BrN2O4. The minimum Gasteiger partial charge on any atom is -0.480 e. The van der Waals surface area contributed by atoms with Crippen LogP contribution in [0.15, 0.2) is 53.0 Å². The summed E-state index contributed by atoms with van der Waals surface area (Å²) in [7, 11) is 0. The number of carbonyl (C=O) groups excluding carboxylic acids is 2. The van der Waals surface area contributed by atoms with E-state index >= 15 is 0 Å². The van der Waals surface area contributed by atoms with Crippen molar-refractivity contribution in [3.8, 4) is 0 Å². The Kier molecular flexibility index (Phi) is 5.87. The van der Waals surface area contributed by atoms with Crippen molar-refractivity contribution in [3.05, 3.63) is 64.1 Å². The van der Waals surface area contributed by atoms with Crippen LogP contribution in [0.4, 0.5) is 5.69 Å². The number of carboxylic acids is 1. The lowest BCUT2D eigenvalue weighted by Crippen LogP contribution is -2.62. The monoisotopic (exact) mass is 510 g/mol. The average Bonchev–Trinajstić information content (AvgIpc) is 3.50. The zero-order valence-corrected chi connectivity index (χ0v) is 19.8. The smallest absolute Gasteiger partial charge is 0.325 e. The third-order valence-corrected chi connectivity index (χ3v) is 8.09. The Morgan fingerprint density at radius 3 is 2.48 bits per heavy atom. The molecule has 4 atom stereocenters. The zero-order valence-electron chi connectivity index (χ0n) is 18.2. The largest absolute Gasteiger partial charge is 0.480 e. The van der Waals surface area contributed by atoms with Crippen LogP contribution >= 0.6 is 15.9 Å². The summed E-state index contributed by atoms with van der Waals surface area (Å²) in [5, 5.41) is 17.7. The maximum absolute atomic E-state index is 13.4. The molecule has 3 N–H and O–H groups in total. The van der Waals surface area contributed by atoms with Gasteiger partial charge in [-0.1, -0.05) is 52.7 Å². The van der Waals surface area contributed by atoms with E-state index in [1.165, 1.54) is 0 Å². The molecule has 3 aliphatic rings. The van der Waals surface area contributed by atoms with Gasteiger partial charge in [0.05, 0.1) is 0 Å². The van der Waals surface area contributed by atoms with Crippen molar-refractivity contribution < 1.29 is 19.5 Å². The van der Waals surface area contributed by atoms with Gasteiger partial charge in [0, 0.05) is 40.1 Å². The first kappa shape index (κ1) is 22.3. The summed E-state index contributed by atoms with van der Waals surface area (Å²) in [5.74, 6) is -2.72. The lowest BCUT2D eigenvalue weighted by Gasteiger charge is -2.46. The average molecular weight is 511 g/mol. The van der Waals surface area contributed by atoms with Crippen LogP contribution in [0.1, 0.15) is 60.4 Å². The first-order chi connectivity index (χ1) is 15.9. The zero-order chi connectivity index (χ0) is 23.2. The van der Waals surface area contributed by atoms with Crippen molar-refractivity contribution in [1.82, 2.24) is 5.32 Å². The Hall–Kier alpha value is -2.51. The molecule has 0 saturated heterocycles. The molecule has 0 bridgehead atoms. The normalized spacial score (nSPS) is 25.3. The third kappa shape index (κ3) is 4.02. The number of aliphatic carboxylic acids is 1. The molecule has 2 fully saturated rings. The van der Waals surface area contributed by atoms with Crippen LogP contribution < -0.4 is 10.6 Å². The fourth-order valence-corrected chi connectivity index (χ4v) is 6.23. The van der Waals surface area contributed by atoms with E-state index in [0.717, 1.165) is 43.4 Å². The summed E-state index contributed by atoms with van der Waals surface area (Å²) < 4.78 is 0.530. The van der Waals surface area contributed by atoms with Gasteiger partial charge in [0.25, 0.3) is 0 Å². The Morgan fingerprint density at radius 1 is 1.03 bits per heavy atom. The first-order valence-electron chi connectivity index (χ1n) is 11.6. The second kappa shape index (κ2) is 8.69. The molecule has 6 nitrogen and oxygen atoms in total. The van der Waals surface area contributed by atoms with E-state index in [0.29, 0.717) is 4.47 Å². The van der Waals surface area contributed by atoms with E-state index in [1.54, 1.807) is 24.3 Å². The molecule has 7 heteroatoms. The molecule has 2 aliphatic carbocycles. The number of ketones is 2. The number of nitrogens with one attached hydrogen (secondary N) is 2. The molecule has 1 aliphatic heterocycles. The van der Waals surface area contributed by atoms with E-state index in [1.807, 2.05) is 24.3 Å². The topological polar surface area (TPSA) is 95.5 Å². The third-order valence-electron chi connectivity index (χ3n) is 7.40. The molecule has 0 aromatic heterocycles. The first-order valence-corrected chi connectivity index (χ1v) is 12.4. The van der Waals surface area contributed by atoms with Gasteiger partial charge in [-0.25, -0.2) is 0 Å². The highest BCUT2D eigenvalue weighted by molar-refractivity contribution is 9.10. The maximum atomic E-state index is 13.4. The van der Waals surface area contributed by atoms with Crippen molar-refractivity contribution in [3.63, 3.8) is 0 Å². The highest BCUT2D eigenvalue weighted by Gasteiger charge is 2.57. The van der Waals surface area contributed by atoms with E-state index in [-0.39, 0.29) is 30.0 Å². The van der Waals surface area contributed by atoms with Crippen LogP contribution in [0.3, 0.4) is 0 Å². The van der Waals surface area contributed by atoms with Gasteiger partial charge in [0.1, 0.15) is 5.54 Å². The van der Waals surface area contributed by atoms with Crippen molar-refractivity contribution in [2.24, 2.45) is 5.92 Å². The second-order valence-corrected chi connectivity index (χ2v) is 10.4. The molecule has 2 aromatic carbocycles. The Morgan fingerprint density at radius 2 is 1.76 bits per heavy atom. The Labute approximate surface area is 201 Å². The van der Waals surface area contributed by atoms with E-state index in [4.69, 9.17) is 0 Å². The molecule has 0 spiro atoms. The van der Waals surface area contributed by atoms with E-state index in [9.17, 15) is 19.5 Å². The SMILES string of the molecule is O=C(CC(NC1CC1)(C(=O)O)C1c2ccccc2NC2CCCC21)C(=O)c1ccccc1Br. The summed E-state index contributed by atoms with van der Waals surface area (Å²) in [4.78, 5) is 39.6. The van der Waals surface area contributed by atoms with Gasteiger partial charge < -0.3 is 10.4 Å². The van der Waals surface area contributed by atoms with Crippen LogP contribution in [0.25, 0.3) is 0 Å². The number of carbonyl (C=O) groups is 3. The molecule has 2 aromatic rings. The van der Waals surface area contributed by atoms with E-state index in [2.05, 4.69) is 26.6 Å². The quantitative estimate of drug-likeness (QED) is 0.356. The van der Waals surface area contributed by atoms with Gasteiger partial charge >= 0.3 is 5.97 Å². The van der Waals surface area contributed by atoms with Crippen molar-refractivity contribution >= 4 is 39.2 Å². The fraction of sp³-hybridized carbons (Fsp3) is 0.423. The number of halogens is 1. The van der Waals surface area contributed by atoms with Gasteiger partial charge in [-0.05, 0) is 55.4 Å². The predicted octanol–water partition coefficient (Wildman–Crippen LogP) is 4.54. The lowest BCUT2D eigenvalue weighted by atomic mass is 9.65. The number of carboxylic acid groups (broad SMARTS) is 1. The van der Waals surface area contributed by atoms with Crippen molar-refractivity contribution in [2.45, 2.75) is 62.1 Å². The minimum absolute atomic E-state index is 0.0503. The molecule has 172 valence electrons. The highest BCUT2D eigenvalue weighted by atomic mass is 79.9. The Bertz CT molecular complexity index is 1110. The van der Waals surface area contributed by atoms with Crippen LogP contribution in [-0.2, 0) is 9.59 Å². The number of Topliss-reactive ketones (excluding diaryl/α,β-unsaturated/α-hetero) is 2. The Balaban J connectivity index is 1.58. The van der Waals surface area contributed by atoms with Crippen LogP contribution in [0.5, 0.6) is 0 Å². The maximum Gasteiger partial charge on any atom is 0.325 e. The van der Waals surface area contributed by atoms with Gasteiger partial charge in [-0.3, -0.25) is 19.7 Å². The molecule has 2 saturated carbocycles. The van der Waals surface area contributed by atoms with Gasteiger partial charge in [0.2, 0.25) is 11.6 Å². The number of para-hydroxylation sites is 1. The van der Waals surface area contributed by atoms with Crippen LogP contribution in [0.2, 0.25) is 0 Å². The second-order valence-electron chi connectivity index (χ2n) is 9.51. The van der Waals surface area contributed by atoms with E-state index < -0.39 is 29.0 Å². The fourth-order valence-electron chi connectivity index (χ4n) is 5.77. The lowest BCUT2D eigenvalue weighted by molar-refractivity contribution is -0.149. The number of hydrogen-bond acceptors (Lipinski definition) is 5. The minimum atomic E-state index is -1.54. The predicted molar refractivity (Wildman–Crippen MR) is 129 cm³/mol.